The molecular formula is C13H11ClF2N2OS. The second-order valence-corrected chi connectivity index (χ2v) is 4.95. The van der Waals surface area contributed by atoms with Gasteiger partial charge in [0.1, 0.15) is 5.69 Å². The van der Waals surface area contributed by atoms with Crippen LogP contribution in [-0.2, 0) is 0 Å². The minimum Gasteiger partial charge on any atom is -0.337 e. The molecular weight excluding hydrogens is 306 g/mol. The molecule has 1 heterocycles. The topological polar surface area (TPSA) is 37.8 Å². The predicted molar refractivity (Wildman–Crippen MR) is 74.6 cm³/mol. The Morgan fingerprint density at radius 1 is 1.45 bits per heavy atom. The van der Waals surface area contributed by atoms with E-state index in [2.05, 4.69) is 4.98 Å². The molecule has 1 aromatic carbocycles. The van der Waals surface area contributed by atoms with Gasteiger partial charge in [0, 0.05) is 6.20 Å². The fourth-order valence-corrected chi connectivity index (χ4v) is 2.56. The Balaban J connectivity index is 2.58. The molecule has 0 fully saturated rings. The molecule has 7 heteroatoms. The lowest BCUT2D eigenvalue weighted by Crippen LogP contribution is -2.14. The van der Waals surface area contributed by atoms with E-state index in [0.29, 0.717) is 16.8 Å². The number of nitrogens with zero attached hydrogens (tertiary/aromatic N) is 1. The number of carbonyl (C=O) groups is 1. The molecule has 0 saturated carbocycles. The molecule has 106 valence electrons. The van der Waals surface area contributed by atoms with Crippen molar-refractivity contribution in [1.82, 2.24) is 9.55 Å². The Hall–Kier alpha value is -1.53. The zero-order valence-electron chi connectivity index (χ0n) is 10.5. The fraction of sp³-hybridized carbons (Fsp3) is 0.231. The van der Waals surface area contributed by atoms with Gasteiger partial charge < -0.3 is 9.55 Å². The van der Waals surface area contributed by atoms with Crippen molar-refractivity contribution in [2.45, 2.75) is 19.4 Å². The average molecular weight is 317 g/mol. The molecule has 0 saturated heterocycles. The first-order chi connectivity index (χ1) is 9.45. The summed E-state index contributed by atoms with van der Waals surface area (Å²) < 4.78 is 28.2. The summed E-state index contributed by atoms with van der Waals surface area (Å²) in [6, 6.07) is 3.21. The highest BCUT2D eigenvalue weighted by Gasteiger charge is 2.20. The molecule has 3 nitrogen and oxygen atoms in total. The number of H-pyrrole nitrogens is 1. The van der Waals surface area contributed by atoms with Gasteiger partial charge in [0.05, 0.1) is 6.04 Å². The predicted octanol–water partition coefficient (Wildman–Crippen LogP) is 4.20. The second-order valence-electron chi connectivity index (χ2n) is 4.22. The summed E-state index contributed by atoms with van der Waals surface area (Å²) >= 11 is 10.6. The lowest BCUT2D eigenvalue weighted by atomic mass is 10.0. The maximum Gasteiger partial charge on any atom is 0.270 e. The number of benzene rings is 1. The number of hydrogen-bond donors (Lipinski definition) is 1. The van der Waals surface area contributed by atoms with E-state index in [1.165, 1.54) is 16.8 Å². The number of hydrogen-bond acceptors (Lipinski definition) is 2. The van der Waals surface area contributed by atoms with Crippen molar-refractivity contribution >= 4 is 29.1 Å². The van der Waals surface area contributed by atoms with Gasteiger partial charge in [-0.1, -0.05) is 13.0 Å². The summed E-state index contributed by atoms with van der Waals surface area (Å²) in [5.74, 6) is -1.86. The number of aromatic amines is 1. The zero-order valence-corrected chi connectivity index (χ0v) is 12.1. The van der Waals surface area contributed by atoms with Crippen molar-refractivity contribution in [3.8, 4) is 0 Å². The minimum atomic E-state index is -0.943. The molecule has 1 unspecified atom stereocenters. The molecule has 0 bridgehead atoms. The molecule has 2 aromatic rings. The average Bonchev–Trinajstić information content (AvgIpc) is 2.77. The van der Waals surface area contributed by atoms with Gasteiger partial charge in [-0.05, 0) is 47.9 Å². The van der Waals surface area contributed by atoms with Crippen molar-refractivity contribution in [1.29, 1.82) is 0 Å². The van der Waals surface area contributed by atoms with Gasteiger partial charge >= 0.3 is 0 Å². The number of nitrogens with one attached hydrogen (secondary N) is 1. The van der Waals surface area contributed by atoms with Crippen LogP contribution < -0.4 is 0 Å². The highest BCUT2D eigenvalue weighted by atomic mass is 35.5. The smallest absolute Gasteiger partial charge is 0.270 e. The highest BCUT2D eigenvalue weighted by Crippen LogP contribution is 2.26. The zero-order chi connectivity index (χ0) is 14.9. The van der Waals surface area contributed by atoms with Gasteiger partial charge in [-0.3, -0.25) is 4.79 Å². The number of imidazole rings is 1. The third-order valence-electron chi connectivity index (χ3n) is 3.04. The van der Waals surface area contributed by atoms with Crippen LogP contribution in [0.4, 0.5) is 8.78 Å². The number of rotatable bonds is 4. The van der Waals surface area contributed by atoms with Crippen molar-refractivity contribution < 1.29 is 13.6 Å². The van der Waals surface area contributed by atoms with Crippen LogP contribution >= 0.6 is 23.8 Å². The number of halogens is 3. The Bertz CT molecular complexity index is 711. The van der Waals surface area contributed by atoms with Crippen LogP contribution in [0.2, 0.25) is 0 Å². The van der Waals surface area contributed by atoms with Crippen molar-refractivity contribution in [2.24, 2.45) is 0 Å². The number of carbonyl (C=O) groups excluding carboxylic acids is 1. The van der Waals surface area contributed by atoms with Gasteiger partial charge in [0.2, 0.25) is 0 Å². The lowest BCUT2D eigenvalue weighted by Gasteiger charge is -2.19. The van der Waals surface area contributed by atoms with Crippen LogP contribution in [0.15, 0.2) is 24.4 Å². The maximum atomic E-state index is 13.4. The molecule has 0 spiro atoms. The highest BCUT2D eigenvalue weighted by molar-refractivity contribution is 7.71. The summed E-state index contributed by atoms with van der Waals surface area (Å²) in [6.45, 7) is 1.85. The Morgan fingerprint density at radius 3 is 2.70 bits per heavy atom. The van der Waals surface area contributed by atoms with E-state index in [1.54, 1.807) is 0 Å². The molecule has 1 aromatic heterocycles. The van der Waals surface area contributed by atoms with E-state index in [-0.39, 0.29) is 5.69 Å². The van der Waals surface area contributed by atoms with Gasteiger partial charge in [-0.25, -0.2) is 8.78 Å². The summed E-state index contributed by atoms with van der Waals surface area (Å²) in [6.07, 6.45) is 1.94. The van der Waals surface area contributed by atoms with Crippen LogP contribution in [0.5, 0.6) is 0 Å². The van der Waals surface area contributed by atoms with Crippen molar-refractivity contribution in [2.75, 3.05) is 0 Å². The quantitative estimate of drug-likeness (QED) is 0.678. The largest absolute Gasteiger partial charge is 0.337 e. The van der Waals surface area contributed by atoms with E-state index in [1.807, 2.05) is 6.92 Å². The Labute approximate surface area is 124 Å². The summed E-state index contributed by atoms with van der Waals surface area (Å²) in [4.78, 5) is 14.1. The first kappa shape index (κ1) is 14.9. The number of aromatic nitrogens is 2. The SMILES string of the molecule is CCC(c1ccc(F)c(F)c1)n1c(C(=O)Cl)c[nH]c1=S. The maximum absolute atomic E-state index is 13.4. The lowest BCUT2D eigenvalue weighted by molar-refractivity contribution is 0.107. The molecule has 0 aliphatic rings. The van der Waals surface area contributed by atoms with Crippen LogP contribution in [0, 0.1) is 16.4 Å². The molecule has 1 atom stereocenters. The van der Waals surface area contributed by atoms with Gasteiger partial charge in [0.15, 0.2) is 16.4 Å². The monoisotopic (exact) mass is 316 g/mol. The van der Waals surface area contributed by atoms with E-state index in [4.69, 9.17) is 23.8 Å². The van der Waals surface area contributed by atoms with Crippen LogP contribution in [0.25, 0.3) is 0 Å². The van der Waals surface area contributed by atoms with Gasteiger partial charge in [-0.2, -0.15) is 0 Å². The first-order valence-electron chi connectivity index (χ1n) is 5.90. The van der Waals surface area contributed by atoms with E-state index in [0.717, 1.165) is 12.1 Å². The summed E-state index contributed by atoms with van der Waals surface area (Å²) in [5, 5.41) is -0.668. The van der Waals surface area contributed by atoms with Crippen molar-refractivity contribution in [3.05, 3.63) is 52.1 Å². The molecule has 0 aliphatic heterocycles. The van der Waals surface area contributed by atoms with Crippen LogP contribution in [-0.4, -0.2) is 14.8 Å². The van der Waals surface area contributed by atoms with Crippen LogP contribution in [0.3, 0.4) is 0 Å². The molecule has 2 rings (SSSR count). The van der Waals surface area contributed by atoms with E-state index < -0.39 is 22.9 Å². The summed E-state index contributed by atoms with van der Waals surface area (Å²) in [7, 11) is 0. The third kappa shape index (κ3) is 2.66. The van der Waals surface area contributed by atoms with Crippen LogP contribution in [0.1, 0.15) is 35.4 Å². The molecule has 1 N–H and O–H groups in total. The van der Waals surface area contributed by atoms with Crippen molar-refractivity contribution in [3.63, 3.8) is 0 Å². The van der Waals surface area contributed by atoms with Gasteiger partial charge in [0.25, 0.3) is 5.24 Å². The summed E-state index contributed by atoms with van der Waals surface area (Å²) in [5.41, 5.74) is 0.703. The molecule has 20 heavy (non-hydrogen) atoms. The molecule has 0 amide bonds. The first-order valence-corrected chi connectivity index (χ1v) is 6.69. The van der Waals surface area contributed by atoms with Gasteiger partial charge in [-0.15, -0.1) is 0 Å². The van der Waals surface area contributed by atoms with E-state index >= 15 is 0 Å². The normalized spacial score (nSPS) is 12.4. The third-order valence-corrected chi connectivity index (χ3v) is 3.55. The minimum absolute atomic E-state index is 0.188. The standard InChI is InChI=1S/C13H11ClF2N2OS/c1-2-10(7-3-4-8(15)9(16)5-7)18-11(12(14)19)6-17-13(18)20/h3-6,10H,2H2,1H3,(H,17,20). The molecule has 0 aliphatic carbocycles. The Morgan fingerprint density at radius 2 is 2.15 bits per heavy atom. The fourth-order valence-electron chi connectivity index (χ4n) is 2.13. The second kappa shape index (κ2) is 5.85. The Kier molecular flexibility index (Phi) is 4.35. The van der Waals surface area contributed by atoms with E-state index in [9.17, 15) is 13.6 Å². The molecule has 0 radical (unpaired) electrons.